The number of thioether (sulfide) groups is 1. The highest BCUT2D eigenvalue weighted by Crippen LogP contribution is 2.22. The summed E-state index contributed by atoms with van der Waals surface area (Å²) in [5, 5.41) is 18.7. The largest absolute Gasteiger partial charge is 0.493 e. The highest BCUT2D eigenvalue weighted by Gasteiger charge is 2.18. The van der Waals surface area contributed by atoms with E-state index in [2.05, 4.69) is 30.2 Å². The SMILES string of the molecule is CC(Sc1nc(O)cc(=O)[nH]1)C(=O)Nc1ccc(S(=O)(=O)Nc2ccc(Cl)nn2)cc1. The van der Waals surface area contributed by atoms with E-state index in [1.807, 2.05) is 0 Å². The molecule has 3 rings (SSSR count). The molecule has 3 aromatic rings. The molecule has 0 bridgehead atoms. The number of halogens is 1. The van der Waals surface area contributed by atoms with Gasteiger partial charge in [-0.1, -0.05) is 23.4 Å². The second kappa shape index (κ2) is 9.32. The fraction of sp³-hybridized carbons (Fsp3) is 0.118. The van der Waals surface area contributed by atoms with Crippen molar-refractivity contribution in [1.82, 2.24) is 20.2 Å². The van der Waals surface area contributed by atoms with E-state index in [1.165, 1.54) is 36.4 Å². The summed E-state index contributed by atoms with van der Waals surface area (Å²) in [7, 11) is -3.91. The molecule has 0 saturated carbocycles. The number of nitrogens with one attached hydrogen (secondary N) is 3. The summed E-state index contributed by atoms with van der Waals surface area (Å²) in [6.07, 6.45) is 0. The predicted molar refractivity (Wildman–Crippen MR) is 115 cm³/mol. The quantitative estimate of drug-likeness (QED) is 0.290. The zero-order valence-electron chi connectivity index (χ0n) is 15.7. The standard InChI is InChI=1S/C17H15ClN6O5S2/c1-9(30-17-20-14(25)8-15(26)21-17)16(27)19-10-2-4-11(5-3-10)31(28,29)24-13-7-6-12(18)22-23-13/h2-9H,1H3,(H,19,27)(H,23,24)(H2,20,21,25,26). The van der Waals surface area contributed by atoms with Crippen LogP contribution in [0.1, 0.15) is 6.92 Å². The summed E-state index contributed by atoms with van der Waals surface area (Å²) in [4.78, 5) is 29.8. The minimum Gasteiger partial charge on any atom is -0.493 e. The van der Waals surface area contributed by atoms with E-state index in [0.717, 1.165) is 17.8 Å². The van der Waals surface area contributed by atoms with E-state index in [1.54, 1.807) is 6.92 Å². The first kappa shape index (κ1) is 22.5. The van der Waals surface area contributed by atoms with Crippen LogP contribution in [0, 0.1) is 0 Å². The smallest absolute Gasteiger partial charge is 0.263 e. The topological polar surface area (TPSA) is 167 Å². The number of carbonyl (C=O) groups is 1. The van der Waals surface area contributed by atoms with Crippen LogP contribution in [0.3, 0.4) is 0 Å². The number of hydrogen-bond donors (Lipinski definition) is 4. The number of aromatic amines is 1. The Morgan fingerprint density at radius 2 is 1.90 bits per heavy atom. The van der Waals surface area contributed by atoms with Crippen molar-refractivity contribution in [1.29, 1.82) is 0 Å². The summed E-state index contributed by atoms with van der Waals surface area (Å²) in [5.74, 6) is -0.860. The van der Waals surface area contributed by atoms with Gasteiger partial charge < -0.3 is 15.4 Å². The molecule has 2 aromatic heterocycles. The third-order valence-electron chi connectivity index (χ3n) is 3.67. The molecule has 0 fully saturated rings. The summed E-state index contributed by atoms with van der Waals surface area (Å²) >= 11 is 6.57. The Morgan fingerprint density at radius 1 is 1.19 bits per heavy atom. The second-order valence-corrected chi connectivity index (χ2v) is 9.43. The van der Waals surface area contributed by atoms with E-state index in [-0.39, 0.29) is 21.0 Å². The van der Waals surface area contributed by atoms with Gasteiger partial charge >= 0.3 is 0 Å². The van der Waals surface area contributed by atoms with Gasteiger partial charge in [0.05, 0.1) is 16.2 Å². The van der Waals surface area contributed by atoms with Gasteiger partial charge in [0.15, 0.2) is 16.1 Å². The van der Waals surface area contributed by atoms with Crippen LogP contribution < -0.4 is 15.6 Å². The molecule has 1 unspecified atom stereocenters. The molecule has 0 aliphatic carbocycles. The Morgan fingerprint density at radius 3 is 2.52 bits per heavy atom. The minimum absolute atomic E-state index is 0.00577. The number of carbonyl (C=O) groups excluding carboxylic acids is 1. The van der Waals surface area contributed by atoms with Gasteiger partial charge in [-0.15, -0.1) is 10.2 Å². The lowest BCUT2D eigenvalue weighted by Crippen LogP contribution is -2.23. The summed E-state index contributed by atoms with van der Waals surface area (Å²) in [6, 6.07) is 9.15. The van der Waals surface area contributed by atoms with Crippen LogP contribution in [-0.2, 0) is 14.8 Å². The molecule has 0 saturated heterocycles. The second-order valence-electron chi connectivity index (χ2n) is 6.03. The number of amides is 1. The number of hydrogen-bond acceptors (Lipinski definition) is 9. The van der Waals surface area contributed by atoms with E-state index < -0.39 is 32.6 Å². The molecule has 1 aromatic carbocycles. The molecular weight excluding hydrogens is 468 g/mol. The van der Waals surface area contributed by atoms with E-state index in [4.69, 9.17) is 11.6 Å². The first-order chi connectivity index (χ1) is 14.6. The highest BCUT2D eigenvalue weighted by molar-refractivity contribution is 8.00. The number of anilines is 2. The summed E-state index contributed by atoms with van der Waals surface area (Å²) in [5.41, 5.74) is -0.183. The molecule has 0 aliphatic rings. The number of benzene rings is 1. The van der Waals surface area contributed by atoms with Gasteiger partial charge in [0.2, 0.25) is 11.8 Å². The first-order valence-corrected chi connectivity index (χ1v) is 11.3. The number of H-pyrrole nitrogens is 1. The van der Waals surface area contributed by atoms with E-state index in [9.17, 15) is 23.1 Å². The molecule has 31 heavy (non-hydrogen) atoms. The van der Waals surface area contributed by atoms with Crippen LogP contribution in [0.15, 0.2) is 57.3 Å². The van der Waals surface area contributed by atoms with Gasteiger partial charge in [0.1, 0.15) is 0 Å². The summed E-state index contributed by atoms with van der Waals surface area (Å²) in [6.45, 7) is 1.58. The number of rotatable bonds is 7. The lowest BCUT2D eigenvalue weighted by Gasteiger charge is -2.12. The van der Waals surface area contributed by atoms with Crippen LogP contribution in [0.4, 0.5) is 11.5 Å². The Balaban J connectivity index is 1.64. The number of nitrogens with zero attached hydrogens (tertiary/aromatic N) is 3. The van der Waals surface area contributed by atoms with Gasteiger partial charge in [-0.05, 0) is 43.3 Å². The monoisotopic (exact) mass is 482 g/mol. The van der Waals surface area contributed by atoms with Gasteiger partial charge in [-0.25, -0.2) is 8.42 Å². The zero-order chi connectivity index (χ0) is 22.6. The molecule has 1 atom stereocenters. The van der Waals surface area contributed by atoms with Gasteiger partial charge in [0, 0.05) is 5.69 Å². The van der Waals surface area contributed by atoms with Crippen LogP contribution in [-0.4, -0.2) is 44.8 Å². The average molecular weight is 483 g/mol. The van der Waals surface area contributed by atoms with Gasteiger partial charge in [-0.3, -0.25) is 14.3 Å². The van der Waals surface area contributed by atoms with Crippen molar-refractivity contribution >= 4 is 50.8 Å². The van der Waals surface area contributed by atoms with Crippen LogP contribution in [0.5, 0.6) is 5.88 Å². The zero-order valence-corrected chi connectivity index (χ0v) is 18.1. The van der Waals surface area contributed by atoms with Gasteiger partial charge in [-0.2, -0.15) is 4.98 Å². The molecule has 2 heterocycles. The maximum absolute atomic E-state index is 12.4. The number of aromatic hydroxyl groups is 1. The van der Waals surface area contributed by atoms with Crippen molar-refractivity contribution in [2.45, 2.75) is 22.2 Å². The molecule has 4 N–H and O–H groups in total. The minimum atomic E-state index is -3.91. The summed E-state index contributed by atoms with van der Waals surface area (Å²) < 4.78 is 27.1. The highest BCUT2D eigenvalue weighted by atomic mass is 35.5. The molecule has 0 radical (unpaired) electrons. The van der Waals surface area contributed by atoms with E-state index in [0.29, 0.717) is 5.69 Å². The third-order valence-corrected chi connectivity index (χ3v) is 6.22. The Labute approximate surface area is 185 Å². The molecular formula is C17H15ClN6O5S2. The molecule has 1 amide bonds. The lowest BCUT2D eigenvalue weighted by atomic mass is 10.3. The normalized spacial score (nSPS) is 12.2. The number of sulfonamides is 1. The molecule has 11 nitrogen and oxygen atoms in total. The molecule has 14 heteroatoms. The van der Waals surface area contributed by atoms with Gasteiger partial charge in [0.25, 0.3) is 15.6 Å². The molecule has 162 valence electrons. The fourth-order valence-corrected chi connectivity index (χ4v) is 4.13. The van der Waals surface area contributed by atoms with Crippen molar-refractivity contribution in [2.24, 2.45) is 0 Å². The van der Waals surface area contributed by atoms with Crippen molar-refractivity contribution in [3.05, 3.63) is 58.0 Å². The third kappa shape index (κ3) is 6.16. The Hall–Kier alpha value is -3.16. The van der Waals surface area contributed by atoms with Crippen LogP contribution in [0.25, 0.3) is 0 Å². The van der Waals surface area contributed by atoms with Crippen LogP contribution >= 0.6 is 23.4 Å². The van der Waals surface area contributed by atoms with E-state index >= 15 is 0 Å². The van der Waals surface area contributed by atoms with Crippen molar-refractivity contribution in [3.63, 3.8) is 0 Å². The molecule has 0 spiro atoms. The maximum atomic E-state index is 12.4. The lowest BCUT2D eigenvalue weighted by molar-refractivity contribution is -0.115. The first-order valence-electron chi connectivity index (χ1n) is 8.52. The predicted octanol–water partition coefficient (Wildman–Crippen LogP) is 1.84. The Kier molecular flexibility index (Phi) is 6.77. The van der Waals surface area contributed by atoms with Crippen molar-refractivity contribution in [3.8, 4) is 5.88 Å². The Bertz CT molecular complexity index is 1250. The van der Waals surface area contributed by atoms with Crippen molar-refractivity contribution < 1.29 is 18.3 Å². The van der Waals surface area contributed by atoms with Crippen LogP contribution in [0.2, 0.25) is 5.15 Å². The number of aromatic nitrogens is 4. The maximum Gasteiger partial charge on any atom is 0.263 e. The fourth-order valence-electron chi connectivity index (χ4n) is 2.23. The average Bonchev–Trinajstić information content (AvgIpc) is 2.69. The molecule has 0 aliphatic heterocycles. The van der Waals surface area contributed by atoms with Crippen molar-refractivity contribution in [2.75, 3.05) is 10.0 Å².